The second-order valence-corrected chi connectivity index (χ2v) is 4.88. The highest BCUT2D eigenvalue weighted by atomic mass is 16.4. The van der Waals surface area contributed by atoms with E-state index in [2.05, 4.69) is 4.98 Å². The molecule has 0 saturated heterocycles. The highest BCUT2D eigenvalue weighted by molar-refractivity contribution is 5.73. The number of carboxylic acids is 1. The monoisotopic (exact) mass is 245 g/mol. The molecule has 0 bridgehead atoms. The first-order chi connectivity index (χ1) is 8.72. The van der Waals surface area contributed by atoms with Gasteiger partial charge in [-0.2, -0.15) is 0 Å². The van der Waals surface area contributed by atoms with Crippen LogP contribution in [0.15, 0.2) is 22.6 Å². The zero-order chi connectivity index (χ0) is 12.5. The van der Waals surface area contributed by atoms with Crippen LogP contribution in [0.2, 0.25) is 0 Å². The second kappa shape index (κ2) is 4.44. The van der Waals surface area contributed by atoms with E-state index >= 15 is 0 Å². The molecule has 1 aliphatic carbocycles. The number of aryl methyl sites for hydroxylation is 1. The lowest BCUT2D eigenvalue weighted by molar-refractivity contribution is -0.137. The van der Waals surface area contributed by atoms with Crippen LogP contribution in [0.5, 0.6) is 0 Å². The molecule has 0 radical (unpaired) electrons. The first-order valence-corrected chi connectivity index (χ1v) is 6.33. The molecule has 0 atom stereocenters. The maximum atomic E-state index is 10.5. The van der Waals surface area contributed by atoms with Crippen LogP contribution in [0.4, 0.5) is 0 Å². The molecule has 0 unspecified atom stereocenters. The average molecular weight is 245 g/mol. The molecule has 0 aliphatic heterocycles. The maximum absolute atomic E-state index is 10.5. The summed E-state index contributed by atoms with van der Waals surface area (Å²) < 4.78 is 5.68. The number of aliphatic carboxylic acids is 1. The van der Waals surface area contributed by atoms with Gasteiger partial charge in [-0.3, -0.25) is 4.79 Å². The van der Waals surface area contributed by atoms with Gasteiger partial charge in [-0.15, -0.1) is 0 Å². The van der Waals surface area contributed by atoms with Crippen LogP contribution < -0.4 is 0 Å². The molecular weight excluding hydrogens is 230 g/mol. The van der Waals surface area contributed by atoms with Crippen molar-refractivity contribution in [3.05, 3.63) is 29.7 Å². The standard InChI is InChI=1S/C14H15NO3/c16-13(17)3-1-2-9-4-7-12-11(8-9)15-14(18-12)10-5-6-10/h4,7-8,10H,1-3,5-6H2,(H,16,17). The fourth-order valence-electron chi connectivity index (χ4n) is 2.09. The normalized spacial score (nSPS) is 15.1. The van der Waals surface area contributed by atoms with Crippen molar-refractivity contribution in [1.82, 2.24) is 4.98 Å². The molecule has 0 amide bonds. The summed E-state index contributed by atoms with van der Waals surface area (Å²) in [6.45, 7) is 0. The summed E-state index contributed by atoms with van der Waals surface area (Å²) in [5.41, 5.74) is 2.85. The smallest absolute Gasteiger partial charge is 0.303 e. The van der Waals surface area contributed by atoms with Crippen molar-refractivity contribution in [2.45, 2.75) is 38.0 Å². The summed E-state index contributed by atoms with van der Waals surface area (Å²) in [5, 5.41) is 8.61. The first kappa shape index (κ1) is 11.3. The summed E-state index contributed by atoms with van der Waals surface area (Å²) >= 11 is 0. The van der Waals surface area contributed by atoms with E-state index in [9.17, 15) is 4.79 Å². The van der Waals surface area contributed by atoms with Gasteiger partial charge in [0.2, 0.25) is 0 Å². The van der Waals surface area contributed by atoms with Gasteiger partial charge in [0.1, 0.15) is 5.52 Å². The van der Waals surface area contributed by atoms with E-state index in [0.29, 0.717) is 12.3 Å². The SMILES string of the molecule is O=C(O)CCCc1ccc2oc(C3CC3)nc2c1. The van der Waals surface area contributed by atoms with Gasteiger partial charge >= 0.3 is 5.97 Å². The molecule has 2 aromatic rings. The van der Waals surface area contributed by atoms with E-state index in [1.54, 1.807) is 0 Å². The first-order valence-electron chi connectivity index (χ1n) is 6.33. The molecule has 1 aliphatic rings. The van der Waals surface area contributed by atoms with Gasteiger partial charge < -0.3 is 9.52 Å². The summed E-state index contributed by atoms with van der Waals surface area (Å²) in [5.74, 6) is 0.633. The van der Waals surface area contributed by atoms with E-state index in [1.807, 2.05) is 18.2 Å². The number of carboxylic acid groups (broad SMARTS) is 1. The topological polar surface area (TPSA) is 63.3 Å². The average Bonchev–Trinajstić information content (AvgIpc) is 3.09. The number of fused-ring (bicyclic) bond motifs is 1. The maximum Gasteiger partial charge on any atom is 0.303 e. The van der Waals surface area contributed by atoms with Crippen molar-refractivity contribution in [2.75, 3.05) is 0 Å². The Morgan fingerprint density at radius 3 is 3.00 bits per heavy atom. The number of hydrogen-bond acceptors (Lipinski definition) is 3. The van der Waals surface area contributed by atoms with E-state index in [4.69, 9.17) is 9.52 Å². The van der Waals surface area contributed by atoms with Crippen LogP contribution in [-0.2, 0) is 11.2 Å². The van der Waals surface area contributed by atoms with Crippen molar-refractivity contribution < 1.29 is 14.3 Å². The molecule has 1 fully saturated rings. The van der Waals surface area contributed by atoms with Gasteiger partial charge in [0.15, 0.2) is 11.5 Å². The summed E-state index contributed by atoms with van der Waals surface area (Å²) in [6.07, 6.45) is 4.00. The van der Waals surface area contributed by atoms with Crippen molar-refractivity contribution >= 4 is 17.1 Å². The molecule has 3 rings (SSSR count). The molecule has 1 aromatic heterocycles. The third-order valence-corrected chi connectivity index (χ3v) is 3.25. The lowest BCUT2D eigenvalue weighted by atomic mass is 10.1. The molecule has 94 valence electrons. The minimum Gasteiger partial charge on any atom is -0.481 e. The molecule has 1 saturated carbocycles. The number of carbonyl (C=O) groups is 1. The molecule has 1 heterocycles. The van der Waals surface area contributed by atoms with Crippen molar-refractivity contribution in [3.63, 3.8) is 0 Å². The van der Waals surface area contributed by atoms with Gasteiger partial charge in [0.05, 0.1) is 0 Å². The van der Waals surface area contributed by atoms with Crippen LogP contribution in [0, 0.1) is 0 Å². The number of hydrogen-bond donors (Lipinski definition) is 1. The van der Waals surface area contributed by atoms with Gasteiger partial charge in [-0.05, 0) is 43.4 Å². The van der Waals surface area contributed by atoms with Crippen molar-refractivity contribution in [1.29, 1.82) is 0 Å². The Labute approximate surface area is 105 Å². The Kier molecular flexibility index (Phi) is 2.78. The molecule has 4 nitrogen and oxygen atoms in total. The second-order valence-electron chi connectivity index (χ2n) is 4.88. The molecule has 1 aromatic carbocycles. The fraction of sp³-hybridized carbons (Fsp3) is 0.429. The van der Waals surface area contributed by atoms with E-state index in [0.717, 1.165) is 29.0 Å². The number of rotatable bonds is 5. The zero-order valence-corrected chi connectivity index (χ0v) is 10.1. The van der Waals surface area contributed by atoms with Crippen LogP contribution in [0.25, 0.3) is 11.1 Å². The fourth-order valence-corrected chi connectivity index (χ4v) is 2.09. The number of nitrogens with zero attached hydrogens (tertiary/aromatic N) is 1. The molecule has 0 spiro atoms. The molecular formula is C14H15NO3. The minimum absolute atomic E-state index is 0.212. The van der Waals surface area contributed by atoms with Gasteiger partial charge in [0, 0.05) is 12.3 Å². The predicted molar refractivity (Wildman–Crippen MR) is 66.6 cm³/mol. The molecule has 1 N–H and O–H groups in total. The summed E-state index contributed by atoms with van der Waals surface area (Å²) in [7, 11) is 0. The van der Waals surface area contributed by atoms with Gasteiger partial charge in [0.25, 0.3) is 0 Å². The van der Waals surface area contributed by atoms with E-state index < -0.39 is 5.97 Å². The van der Waals surface area contributed by atoms with Gasteiger partial charge in [-0.1, -0.05) is 6.07 Å². The quantitative estimate of drug-likeness (QED) is 0.879. The summed E-state index contributed by atoms with van der Waals surface area (Å²) in [4.78, 5) is 15.0. The van der Waals surface area contributed by atoms with Crippen molar-refractivity contribution in [3.8, 4) is 0 Å². The van der Waals surface area contributed by atoms with Crippen LogP contribution >= 0.6 is 0 Å². The Bertz CT molecular complexity index is 584. The van der Waals surface area contributed by atoms with Crippen LogP contribution in [-0.4, -0.2) is 16.1 Å². The largest absolute Gasteiger partial charge is 0.481 e. The van der Waals surface area contributed by atoms with Crippen LogP contribution in [0.1, 0.15) is 43.1 Å². The highest BCUT2D eigenvalue weighted by Crippen LogP contribution is 2.40. The Hall–Kier alpha value is -1.84. The lowest BCUT2D eigenvalue weighted by Gasteiger charge is -1.98. The van der Waals surface area contributed by atoms with Crippen LogP contribution in [0.3, 0.4) is 0 Å². The van der Waals surface area contributed by atoms with Gasteiger partial charge in [-0.25, -0.2) is 4.98 Å². The Balaban J connectivity index is 1.75. The third kappa shape index (κ3) is 2.37. The minimum atomic E-state index is -0.742. The summed E-state index contributed by atoms with van der Waals surface area (Å²) in [6, 6.07) is 5.93. The highest BCUT2D eigenvalue weighted by Gasteiger charge is 2.28. The Morgan fingerprint density at radius 1 is 1.44 bits per heavy atom. The molecule has 4 heteroatoms. The number of oxazole rings is 1. The van der Waals surface area contributed by atoms with E-state index in [1.165, 1.54) is 12.8 Å². The van der Waals surface area contributed by atoms with Crippen molar-refractivity contribution in [2.24, 2.45) is 0 Å². The number of aromatic nitrogens is 1. The predicted octanol–water partition coefficient (Wildman–Crippen LogP) is 3.11. The van der Waals surface area contributed by atoms with E-state index in [-0.39, 0.29) is 6.42 Å². The lowest BCUT2D eigenvalue weighted by Crippen LogP contribution is -1.95. The molecule has 18 heavy (non-hydrogen) atoms. The Morgan fingerprint density at radius 2 is 2.28 bits per heavy atom. The zero-order valence-electron chi connectivity index (χ0n) is 10.1. The third-order valence-electron chi connectivity index (χ3n) is 3.25. The number of benzene rings is 1.